The molecule has 0 bridgehead atoms. The van der Waals surface area contributed by atoms with Crippen LogP contribution in [0.4, 0.5) is 0 Å². The van der Waals surface area contributed by atoms with Gasteiger partial charge in [0, 0.05) is 26.8 Å². The molecule has 0 heterocycles. The Balaban J connectivity index is 2.85. The van der Waals surface area contributed by atoms with Gasteiger partial charge in [0.1, 0.15) is 11.5 Å². The Hall–Kier alpha value is -1.27. The highest BCUT2D eigenvalue weighted by molar-refractivity contribution is 9.09. The summed E-state index contributed by atoms with van der Waals surface area (Å²) in [4.78, 5) is 14.1. The summed E-state index contributed by atoms with van der Waals surface area (Å²) >= 11 is 3.47. The van der Waals surface area contributed by atoms with Crippen LogP contribution in [0, 0.1) is 0 Å². The normalized spacial score (nSPS) is 11.8. The molecule has 1 aromatic rings. The van der Waals surface area contributed by atoms with Crippen molar-refractivity contribution in [2.75, 3.05) is 41.5 Å². The minimum absolute atomic E-state index is 0.0886. The third-order valence-electron chi connectivity index (χ3n) is 2.81. The second-order valence-corrected chi connectivity index (χ2v) is 5.60. The fourth-order valence-corrected chi connectivity index (χ4v) is 2.49. The van der Waals surface area contributed by atoms with Crippen LogP contribution in [-0.4, -0.2) is 57.2 Å². The highest BCUT2D eigenvalue weighted by Gasteiger charge is 2.19. The van der Waals surface area contributed by atoms with E-state index in [-0.39, 0.29) is 10.7 Å². The summed E-state index contributed by atoms with van der Waals surface area (Å²) < 4.78 is 15.4. The number of nitrogens with zero attached hydrogens (tertiary/aromatic N) is 1. The lowest BCUT2D eigenvalue weighted by atomic mass is 10.1. The molecule has 0 radical (unpaired) electrons. The molecule has 1 unspecified atom stereocenters. The molecule has 112 valence electrons. The van der Waals surface area contributed by atoms with Crippen molar-refractivity contribution in [3.8, 4) is 11.5 Å². The quantitative estimate of drug-likeness (QED) is 0.710. The van der Waals surface area contributed by atoms with Crippen LogP contribution in [0.5, 0.6) is 11.5 Å². The summed E-state index contributed by atoms with van der Waals surface area (Å²) in [6, 6.07) is 5.14. The smallest absolute Gasteiger partial charge is 0.257 e. The lowest BCUT2D eigenvalue weighted by molar-refractivity contribution is 0.0781. The third-order valence-corrected chi connectivity index (χ3v) is 3.36. The van der Waals surface area contributed by atoms with E-state index < -0.39 is 0 Å². The van der Waals surface area contributed by atoms with E-state index in [1.165, 1.54) is 7.11 Å². The number of carbonyl (C=O) groups is 1. The van der Waals surface area contributed by atoms with Gasteiger partial charge in [-0.25, -0.2) is 0 Å². The first-order valence-electron chi connectivity index (χ1n) is 6.14. The van der Waals surface area contributed by atoms with Gasteiger partial charge >= 0.3 is 0 Å². The molecular weight excluding hydrogens is 326 g/mol. The number of hydrogen-bond donors (Lipinski definition) is 0. The van der Waals surface area contributed by atoms with Gasteiger partial charge in [-0.05, 0) is 12.1 Å². The summed E-state index contributed by atoms with van der Waals surface area (Å²) in [5.74, 6) is 1.04. The Bertz CT molecular complexity index is 453. The summed E-state index contributed by atoms with van der Waals surface area (Å²) in [5, 5.41) is 0. The van der Waals surface area contributed by atoms with Crippen LogP contribution in [0.2, 0.25) is 0 Å². The van der Waals surface area contributed by atoms with Gasteiger partial charge in [-0.2, -0.15) is 0 Å². The van der Waals surface area contributed by atoms with Gasteiger partial charge in [0.05, 0.1) is 31.2 Å². The Morgan fingerprint density at radius 1 is 1.30 bits per heavy atom. The maximum Gasteiger partial charge on any atom is 0.257 e. The molecule has 1 aromatic carbocycles. The van der Waals surface area contributed by atoms with Crippen molar-refractivity contribution in [1.29, 1.82) is 0 Å². The van der Waals surface area contributed by atoms with Crippen molar-refractivity contribution in [2.45, 2.75) is 4.83 Å². The van der Waals surface area contributed by atoms with E-state index in [9.17, 15) is 4.79 Å². The van der Waals surface area contributed by atoms with Gasteiger partial charge in [0.25, 0.3) is 5.91 Å². The molecule has 0 fully saturated rings. The van der Waals surface area contributed by atoms with E-state index in [0.29, 0.717) is 30.2 Å². The van der Waals surface area contributed by atoms with E-state index in [1.54, 1.807) is 44.4 Å². The molecule has 1 rings (SSSR count). The predicted octanol–water partition coefficient (Wildman–Crippen LogP) is 2.19. The Morgan fingerprint density at radius 2 is 2.00 bits per heavy atom. The monoisotopic (exact) mass is 345 g/mol. The maximum absolute atomic E-state index is 12.4. The van der Waals surface area contributed by atoms with Crippen LogP contribution in [-0.2, 0) is 4.74 Å². The van der Waals surface area contributed by atoms with Crippen LogP contribution in [0.1, 0.15) is 10.4 Å². The molecular formula is C14H20BrNO4. The molecule has 1 amide bonds. The maximum atomic E-state index is 12.4. The van der Waals surface area contributed by atoms with Crippen molar-refractivity contribution in [3.63, 3.8) is 0 Å². The first-order chi connectivity index (χ1) is 9.53. The minimum atomic E-state index is -0.106. The molecule has 0 saturated carbocycles. The van der Waals surface area contributed by atoms with Crippen molar-refractivity contribution in [2.24, 2.45) is 0 Å². The summed E-state index contributed by atoms with van der Waals surface area (Å²) in [5.41, 5.74) is 0.507. The van der Waals surface area contributed by atoms with Gasteiger partial charge in [0.15, 0.2) is 0 Å². The van der Waals surface area contributed by atoms with Gasteiger partial charge in [-0.3, -0.25) is 4.79 Å². The zero-order valence-electron chi connectivity index (χ0n) is 12.2. The molecule has 0 N–H and O–H groups in total. The van der Waals surface area contributed by atoms with Gasteiger partial charge < -0.3 is 19.1 Å². The second-order valence-electron chi connectivity index (χ2n) is 4.30. The highest BCUT2D eigenvalue weighted by atomic mass is 79.9. The summed E-state index contributed by atoms with van der Waals surface area (Å²) in [7, 11) is 6.48. The topological polar surface area (TPSA) is 48.0 Å². The number of halogens is 1. The van der Waals surface area contributed by atoms with E-state index in [4.69, 9.17) is 14.2 Å². The Labute approximate surface area is 127 Å². The SMILES string of the molecule is COCC(Br)CN(C)C(=O)c1ccc(OC)cc1OC. The van der Waals surface area contributed by atoms with E-state index in [0.717, 1.165) is 0 Å². The average molecular weight is 346 g/mol. The van der Waals surface area contributed by atoms with E-state index >= 15 is 0 Å². The number of benzene rings is 1. The van der Waals surface area contributed by atoms with Crippen LogP contribution in [0.25, 0.3) is 0 Å². The first kappa shape index (κ1) is 16.8. The van der Waals surface area contributed by atoms with Crippen LogP contribution >= 0.6 is 15.9 Å². The number of carbonyl (C=O) groups excluding carboxylic acids is 1. The van der Waals surface area contributed by atoms with Crippen molar-refractivity contribution in [3.05, 3.63) is 23.8 Å². The molecule has 0 saturated heterocycles. The Kier molecular flexibility index (Phi) is 6.81. The number of ether oxygens (including phenoxy) is 3. The molecule has 6 heteroatoms. The number of amides is 1. The molecule has 0 aromatic heterocycles. The fourth-order valence-electron chi connectivity index (χ4n) is 1.79. The summed E-state index contributed by atoms with van der Waals surface area (Å²) in [6.07, 6.45) is 0. The number of alkyl halides is 1. The van der Waals surface area contributed by atoms with Gasteiger partial charge in [-0.1, -0.05) is 15.9 Å². The highest BCUT2D eigenvalue weighted by Crippen LogP contribution is 2.25. The van der Waals surface area contributed by atoms with E-state index in [1.807, 2.05) is 0 Å². The zero-order valence-corrected chi connectivity index (χ0v) is 13.8. The molecule has 20 heavy (non-hydrogen) atoms. The lowest BCUT2D eigenvalue weighted by Gasteiger charge is -2.21. The predicted molar refractivity (Wildman–Crippen MR) is 81.1 cm³/mol. The molecule has 0 aliphatic carbocycles. The molecule has 0 aliphatic rings. The number of hydrogen-bond acceptors (Lipinski definition) is 4. The zero-order chi connectivity index (χ0) is 15.1. The second kappa shape index (κ2) is 8.11. The van der Waals surface area contributed by atoms with Crippen molar-refractivity contribution >= 4 is 21.8 Å². The third kappa shape index (κ3) is 4.38. The molecule has 1 atom stereocenters. The van der Waals surface area contributed by atoms with Crippen LogP contribution in [0.15, 0.2) is 18.2 Å². The van der Waals surface area contributed by atoms with Gasteiger partial charge in [0.2, 0.25) is 0 Å². The lowest BCUT2D eigenvalue weighted by Crippen LogP contribution is -2.33. The largest absolute Gasteiger partial charge is 0.497 e. The average Bonchev–Trinajstić information content (AvgIpc) is 2.45. The van der Waals surface area contributed by atoms with Gasteiger partial charge in [-0.15, -0.1) is 0 Å². The molecule has 0 aliphatic heterocycles. The molecule has 0 spiro atoms. The number of rotatable bonds is 7. The minimum Gasteiger partial charge on any atom is -0.497 e. The summed E-state index contributed by atoms with van der Waals surface area (Å²) in [6.45, 7) is 1.08. The number of methoxy groups -OCH3 is 3. The standard InChI is InChI=1S/C14H20BrNO4/c1-16(8-10(15)9-18-2)14(17)12-6-5-11(19-3)7-13(12)20-4/h5-7,10H,8-9H2,1-4H3. The van der Waals surface area contributed by atoms with Crippen LogP contribution < -0.4 is 9.47 Å². The van der Waals surface area contributed by atoms with E-state index in [2.05, 4.69) is 15.9 Å². The van der Waals surface area contributed by atoms with Crippen molar-refractivity contribution in [1.82, 2.24) is 4.90 Å². The van der Waals surface area contributed by atoms with Crippen LogP contribution in [0.3, 0.4) is 0 Å². The Morgan fingerprint density at radius 3 is 2.55 bits per heavy atom. The molecule has 5 nitrogen and oxygen atoms in total. The van der Waals surface area contributed by atoms with Crippen molar-refractivity contribution < 1.29 is 19.0 Å². The first-order valence-corrected chi connectivity index (χ1v) is 7.05. The fraction of sp³-hybridized carbons (Fsp3) is 0.500.